The molecule has 4 N–H and O–H groups in total. The minimum absolute atomic E-state index is 0.00952. The third-order valence-electron chi connectivity index (χ3n) is 10.3. The van der Waals surface area contributed by atoms with E-state index in [1.807, 2.05) is 13.8 Å². The summed E-state index contributed by atoms with van der Waals surface area (Å²) in [5.74, 6) is -3.02. The fourth-order valence-electron chi connectivity index (χ4n) is 6.76. The van der Waals surface area contributed by atoms with Crippen LogP contribution >= 0.6 is 58.0 Å². The quantitative estimate of drug-likeness (QED) is 0.0314. The van der Waals surface area contributed by atoms with Gasteiger partial charge in [-0.3, -0.25) is 28.8 Å². The molecule has 0 bridgehead atoms. The molecule has 5 atom stereocenters. The number of hydrogen-bond donors (Lipinski definition) is 4. The van der Waals surface area contributed by atoms with Crippen molar-refractivity contribution >= 4 is 127 Å². The maximum atomic E-state index is 13.6. The monoisotopic (exact) mass is 1060 g/mol. The van der Waals surface area contributed by atoms with Gasteiger partial charge in [-0.2, -0.15) is 20.5 Å². The number of carbonyl (C=O) groups excluding carboxylic acids is 6. The highest BCUT2D eigenvalue weighted by Crippen LogP contribution is 2.36. The van der Waals surface area contributed by atoms with Crippen LogP contribution in [0.1, 0.15) is 102 Å². The molecule has 5 unspecified atom stereocenters. The van der Waals surface area contributed by atoms with Crippen LogP contribution < -0.4 is 30.7 Å². The molecule has 0 heterocycles. The number of carbonyl (C=O) groups is 6. The smallest absolute Gasteiger partial charge is 0.258 e. The third kappa shape index (κ3) is 14.6. The van der Waals surface area contributed by atoms with Crippen LogP contribution in [-0.4, -0.2) is 60.5 Å². The number of azo groups is 2. The van der Waals surface area contributed by atoms with E-state index in [9.17, 15) is 28.8 Å². The van der Waals surface area contributed by atoms with Gasteiger partial charge in [0.15, 0.2) is 11.6 Å². The number of benzene rings is 5. The van der Waals surface area contributed by atoms with Gasteiger partial charge in [0, 0.05) is 33.9 Å². The summed E-state index contributed by atoms with van der Waals surface area (Å²) in [6.45, 7) is 12.0. The van der Waals surface area contributed by atoms with E-state index >= 15 is 0 Å². The zero-order valence-electron chi connectivity index (χ0n) is 39.4. The van der Waals surface area contributed by atoms with Crippen LogP contribution in [0.2, 0.25) is 10.0 Å². The van der Waals surface area contributed by atoms with Gasteiger partial charge in [0.25, 0.3) is 23.6 Å². The minimum atomic E-state index is -1.65. The van der Waals surface area contributed by atoms with E-state index in [4.69, 9.17) is 67.5 Å². The molecule has 21 heteroatoms. The summed E-state index contributed by atoms with van der Waals surface area (Å²) in [4.78, 5) is 79.3. The highest BCUT2D eigenvalue weighted by molar-refractivity contribution is 6.37. The first kappa shape index (κ1) is 55.5. The summed E-state index contributed by atoms with van der Waals surface area (Å²) in [6, 6.07) is 20.0. The first-order chi connectivity index (χ1) is 33.7. The molecule has 5 rings (SSSR count). The number of amides is 4. The summed E-state index contributed by atoms with van der Waals surface area (Å²) in [5.41, 5.74) is 3.01. The number of alkyl halides is 3. The number of anilines is 4. The minimum Gasteiger partial charge on any atom is -0.494 e. The number of hydrogen-bond acceptors (Lipinski definition) is 12. The van der Waals surface area contributed by atoms with Crippen LogP contribution in [0.4, 0.5) is 34.1 Å². The van der Waals surface area contributed by atoms with Crippen molar-refractivity contribution in [1.29, 1.82) is 0 Å². The first-order valence-corrected chi connectivity index (χ1v) is 24.0. The van der Waals surface area contributed by atoms with E-state index in [0.29, 0.717) is 52.8 Å². The summed E-state index contributed by atoms with van der Waals surface area (Å²) < 4.78 is 11.3. The molecular weight excluding hydrogens is 1020 g/mol. The largest absolute Gasteiger partial charge is 0.494 e. The second kappa shape index (κ2) is 25.6. The van der Waals surface area contributed by atoms with Crippen LogP contribution in [-0.2, 0) is 19.2 Å². The Morgan fingerprint density at radius 3 is 1.30 bits per heavy atom. The Hall–Kier alpha value is -6.43. The van der Waals surface area contributed by atoms with Crippen molar-refractivity contribution in [1.82, 2.24) is 0 Å². The van der Waals surface area contributed by atoms with Crippen molar-refractivity contribution in [3.63, 3.8) is 0 Å². The van der Waals surface area contributed by atoms with E-state index in [-0.39, 0.29) is 43.9 Å². The molecule has 5 aromatic carbocycles. The molecule has 4 amide bonds. The highest BCUT2D eigenvalue weighted by atomic mass is 35.5. The van der Waals surface area contributed by atoms with Gasteiger partial charge in [-0.1, -0.05) is 35.3 Å². The summed E-state index contributed by atoms with van der Waals surface area (Å²) in [5, 5.41) is 25.2. The lowest BCUT2D eigenvalue weighted by atomic mass is 10.1. The third-order valence-corrected chi connectivity index (χ3v) is 11.8. The lowest BCUT2D eigenvalue weighted by Crippen LogP contribution is -2.32. The average Bonchev–Trinajstić information content (AvgIpc) is 3.31. The van der Waals surface area contributed by atoms with Crippen molar-refractivity contribution in [3.05, 3.63) is 129 Å². The maximum absolute atomic E-state index is 13.6. The van der Waals surface area contributed by atoms with Crippen molar-refractivity contribution in [2.75, 3.05) is 34.5 Å². The van der Waals surface area contributed by atoms with Gasteiger partial charge in [-0.15, -0.1) is 34.8 Å². The van der Waals surface area contributed by atoms with Crippen LogP contribution in [0.5, 0.6) is 11.5 Å². The Balaban J connectivity index is 1.28. The second-order valence-corrected chi connectivity index (χ2v) is 18.4. The molecule has 0 aliphatic rings. The van der Waals surface area contributed by atoms with Crippen molar-refractivity contribution in [2.45, 2.75) is 76.7 Å². The lowest BCUT2D eigenvalue weighted by Gasteiger charge is -2.17. The number of ether oxygens (including phenoxy) is 2. The summed E-state index contributed by atoms with van der Waals surface area (Å²) in [6.07, 6.45) is 0. The Morgan fingerprint density at radius 2 is 0.901 bits per heavy atom. The first-order valence-electron chi connectivity index (χ1n) is 22.0. The zero-order valence-corrected chi connectivity index (χ0v) is 43.2. The highest BCUT2D eigenvalue weighted by Gasteiger charge is 2.27. The maximum Gasteiger partial charge on any atom is 0.258 e. The average molecular weight is 1070 g/mol. The normalized spacial score (nSPS) is 13.4. The van der Waals surface area contributed by atoms with Crippen molar-refractivity contribution < 1.29 is 38.2 Å². The topological polar surface area (TPSA) is 218 Å². The molecule has 16 nitrogen and oxygen atoms in total. The van der Waals surface area contributed by atoms with Crippen LogP contribution in [0.3, 0.4) is 0 Å². The van der Waals surface area contributed by atoms with Crippen LogP contribution in [0.25, 0.3) is 0 Å². The fraction of sp³-hybridized carbons (Fsp3) is 0.280. The molecule has 71 heavy (non-hydrogen) atoms. The Kier molecular flexibility index (Phi) is 20.0. The van der Waals surface area contributed by atoms with E-state index in [2.05, 4.69) is 41.7 Å². The molecule has 0 spiro atoms. The Bertz CT molecular complexity index is 2890. The second-order valence-electron chi connectivity index (χ2n) is 15.6. The van der Waals surface area contributed by atoms with Crippen molar-refractivity contribution in [2.24, 2.45) is 20.5 Å². The molecular formula is C50H49Cl5N8O8. The van der Waals surface area contributed by atoms with Gasteiger partial charge in [0.2, 0.25) is 12.1 Å². The van der Waals surface area contributed by atoms with Crippen molar-refractivity contribution in [3.8, 4) is 11.5 Å². The summed E-state index contributed by atoms with van der Waals surface area (Å²) >= 11 is 32.4. The van der Waals surface area contributed by atoms with Crippen LogP contribution in [0.15, 0.2) is 111 Å². The SMILES string of the molecule is CCOc1ccc(NC(=O)c2cccc(N=NC(C(C)=O)C(=O)Nc3ccc(NC(=O)C(N=Nc4cccc(C(=O)Nc5ccc(OCC)c(C(C)Cl)c5)c4Cl)C(C)=O)c(C(C)Cl)c3)c2Cl)cc1C(C)Cl. The Morgan fingerprint density at radius 1 is 0.521 bits per heavy atom. The molecule has 0 fully saturated rings. The van der Waals surface area contributed by atoms with Gasteiger partial charge in [-0.05, 0) is 133 Å². The molecule has 372 valence electrons. The molecule has 0 aliphatic heterocycles. The standard InChI is InChI=1S/C50H49Cl5N8O8/c1-8-70-41-20-17-31(23-36(41)26(4)52)56-47(66)33-12-10-14-39(43(33)54)60-62-45(28(6)64)49(68)58-30-16-19-38(35(22-30)25(3)51)59-50(69)46(29(7)65)63-61-40-15-11-13-34(44(40)55)48(67)57-32-18-21-42(71-9-2)37(24-32)27(5)53/h10-27,45-46H,8-9H2,1-7H3,(H,56,66)(H,57,67)(H,58,68)(H,59,69). The fourth-order valence-corrected chi connectivity index (χ4v) is 7.78. The van der Waals surface area contributed by atoms with E-state index < -0.39 is 63.4 Å². The molecule has 5 aromatic rings. The van der Waals surface area contributed by atoms with Gasteiger partial charge in [0.1, 0.15) is 22.9 Å². The summed E-state index contributed by atoms with van der Waals surface area (Å²) in [7, 11) is 0. The van der Waals surface area contributed by atoms with Gasteiger partial charge < -0.3 is 30.7 Å². The van der Waals surface area contributed by atoms with Gasteiger partial charge >= 0.3 is 0 Å². The zero-order chi connectivity index (χ0) is 52.1. The number of nitrogens with one attached hydrogen (secondary N) is 4. The molecule has 0 saturated carbocycles. The molecule has 0 saturated heterocycles. The predicted octanol–water partition coefficient (Wildman–Crippen LogP) is 13.6. The van der Waals surface area contributed by atoms with E-state index in [1.54, 1.807) is 57.2 Å². The number of halogens is 5. The number of Topliss-reactive ketones (excluding diaryl/α,β-unsaturated/α-hetero) is 2. The number of nitrogens with zero attached hydrogens (tertiary/aromatic N) is 4. The lowest BCUT2D eigenvalue weighted by molar-refractivity contribution is -0.127. The van der Waals surface area contributed by atoms with E-state index in [0.717, 1.165) is 13.8 Å². The van der Waals surface area contributed by atoms with Gasteiger partial charge in [-0.25, -0.2) is 0 Å². The number of rotatable bonds is 21. The molecule has 0 aliphatic carbocycles. The number of ketones is 2. The predicted molar refractivity (Wildman–Crippen MR) is 279 cm³/mol. The van der Waals surface area contributed by atoms with E-state index in [1.165, 1.54) is 54.6 Å². The van der Waals surface area contributed by atoms with Gasteiger partial charge in [0.05, 0.1) is 50.5 Å². The molecule has 0 radical (unpaired) electrons. The Labute approximate surface area is 435 Å². The van der Waals surface area contributed by atoms with Crippen LogP contribution in [0, 0.1) is 0 Å². The molecule has 0 aromatic heterocycles.